The van der Waals surface area contributed by atoms with Gasteiger partial charge in [-0.15, -0.1) is 35.1 Å². The molecule has 0 bridgehead atoms. The zero-order valence-corrected chi connectivity index (χ0v) is 16.2. The topological polar surface area (TPSA) is 92.7 Å². The van der Waals surface area contributed by atoms with Crippen molar-refractivity contribution >= 4 is 46.1 Å². The van der Waals surface area contributed by atoms with Gasteiger partial charge in [0.1, 0.15) is 16.4 Å². The van der Waals surface area contributed by atoms with Crippen LogP contribution in [0.3, 0.4) is 0 Å². The fourth-order valence-electron chi connectivity index (χ4n) is 2.71. The second kappa shape index (κ2) is 8.63. The van der Waals surface area contributed by atoms with Crippen LogP contribution in [0.4, 0.5) is 5.13 Å². The highest BCUT2D eigenvalue weighted by Crippen LogP contribution is 2.32. The van der Waals surface area contributed by atoms with E-state index < -0.39 is 0 Å². The van der Waals surface area contributed by atoms with Crippen molar-refractivity contribution in [1.82, 2.24) is 25.3 Å². The Kier molecular flexibility index (Phi) is 6.25. The molecular weight excluding hydrogens is 392 g/mol. The molecule has 2 N–H and O–H groups in total. The van der Waals surface area contributed by atoms with E-state index in [0.29, 0.717) is 27.4 Å². The number of thiazole rings is 2. The van der Waals surface area contributed by atoms with E-state index in [0.717, 1.165) is 25.9 Å². The summed E-state index contributed by atoms with van der Waals surface area (Å²) in [6.07, 6.45) is 8.95. The lowest BCUT2D eigenvalue weighted by molar-refractivity contribution is 0.102. The molecule has 4 rings (SSSR count). The van der Waals surface area contributed by atoms with Gasteiger partial charge in [0, 0.05) is 28.8 Å². The number of anilines is 1. The Morgan fingerprint density at radius 3 is 2.81 bits per heavy atom. The van der Waals surface area contributed by atoms with Gasteiger partial charge in [0.15, 0.2) is 5.13 Å². The first-order valence-electron chi connectivity index (χ1n) is 7.99. The van der Waals surface area contributed by atoms with Gasteiger partial charge in [-0.05, 0) is 31.8 Å². The fourth-order valence-corrected chi connectivity index (χ4v) is 4.45. The molecule has 10 heteroatoms. The highest BCUT2D eigenvalue weighted by Gasteiger charge is 2.19. The predicted octanol–water partition coefficient (Wildman–Crippen LogP) is 3.20. The number of hydrogen-bond donors (Lipinski definition) is 2. The molecule has 7 nitrogen and oxygen atoms in total. The Bertz CT molecular complexity index is 863. The van der Waals surface area contributed by atoms with E-state index in [2.05, 4.69) is 30.6 Å². The maximum atomic E-state index is 12.4. The van der Waals surface area contributed by atoms with Crippen LogP contribution in [-0.2, 0) is 0 Å². The number of carbonyl (C=O) groups is 1. The summed E-state index contributed by atoms with van der Waals surface area (Å²) in [5.41, 5.74) is 1.03. The van der Waals surface area contributed by atoms with Gasteiger partial charge >= 0.3 is 0 Å². The van der Waals surface area contributed by atoms with Crippen LogP contribution in [0.15, 0.2) is 30.2 Å². The summed E-state index contributed by atoms with van der Waals surface area (Å²) in [7, 11) is 0. The Morgan fingerprint density at radius 2 is 2.04 bits per heavy atom. The molecular formula is C16H17ClN6OS2. The second-order valence-electron chi connectivity index (χ2n) is 5.67. The van der Waals surface area contributed by atoms with Crippen molar-refractivity contribution in [2.75, 3.05) is 18.4 Å². The zero-order chi connectivity index (χ0) is 17.1. The SMILES string of the molecule is Cl.O=C(Nc1ncc(C2CCNCC2)s1)c1csc(-c2cnccn2)n1. The number of rotatable bonds is 4. The van der Waals surface area contributed by atoms with Gasteiger partial charge in [-0.3, -0.25) is 20.1 Å². The molecule has 1 aliphatic rings. The summed E-state index contributed by atoms with van der Waals surface area (Å²) in [6, 6.07) is 0. The van der Waals surface area contributed by atoms with E-state index in [4.69, 9.17) is 0 Å². The molecule has 3 aromatic heterocycles. The van der Waals surface area contributed by atoms with Crippen molar-refractivity contribution in [2.24, 2.45) is 0 Å². The summed E-state index contributed by atoms with van der Waals surface area (Å²) in [5, 5.41) is 9.22. The smallest absolute Gasteiger partial charge is 0.276 e. The lowest BCUT2D eigenvalue weighted by Crippen LogP contribution is -2.26. The van der Waals surface area contributed by atoms with E-state index in [1.54, 1.807) is 35.3 Å². The molecule has 0 atom stereocenters. The molecule has 1 saturated heterocycles. The van der Waals surface area contributed by atoms with Gasteiger partial charge in [0.05, 0.1) is 6.20 Å². The van der Waals surface area contributed by atoms with Gasteiger partial charge in [0.25, 0.3) is 5.91 Å². The number of halogens is 1. The number of nitrogens with one attached hydrogen (secondary N) is 2. The Balaban J connectivity index is 0.00000196. The third kappa shape index (κ3) is 4.24. The zero-order valence-electron chi connectivity index (χ0n) is 13.7. The fraction of sp³-hybridized carbons (Fsp3) is 0.312. The van der Waals surface area contributed by atoms with Gasteiger partial charge in [0.2, 0.25) is 0 Å². The highest BCUT2D eigenvalue weighted by molar-refractivity contribution is 7.16. The average Bonchev–Trinajstić information content (AvgIpc) is 3.33. The lowest BCUT2D eigenvalue weighted by Gasteiger charge is -2.20. The standard InChI is InChI=1S/C16H16N6OS2.ClH/c23-14(12-9-24-15(21-12)11-7-18-5-6-19-11)22-16-20-8-13(25-16)10-1-3-17-4-2-10;/h5-10,17H,1-4H2,(H,20,22,23);1H. The number of amides is 1. The van der Waals surface area contributed by atoms with Crippen LogP contribution < -0.4 is 10.6 Å². The highest BCUT2D eigenvalue weighted by atomic mass is 35.5. The second-order valence-corrected chi connectivity index (χ2v) is 7.60. The molecule has 0 aromatic carbocycles. The average molecular weight is 409 g/mol. The summed E-state index contributed by atoms with van der Waals surface area (Å²) < 4.78 is 0. The van der Waals surface area contributed by atoms with Gasteiger partial charge < -0.3 is 5.32 Å². The number of piperidine rings is 1. The maximum absolute atomic E-state index is 12.4. The number of carbonyl (C=O) groups excluding carboxylic acids is 1. The minimum absolute atomic E-state index is 0. The summed E-state index contributed by atoms with van der Waals surface area (Å²) in [5.74, 6) is 0.282. The molecule has 0 unspecified atom stereocenters. The van der Waals surface area contributed by atoms with E-state index in [9.17, 15) is 4.79 Å². The Labute approximate surface area is 164 Å². The van der Waals surface area contributed by atoms with Crippen LogP contribution in [0.2, 0.25) is 0 Å². The molecule has 1 amide bonds. The van der Waals surface area contributed by atoms with Crippen LogP contribution in [0, 0.1) is 0 Å². The quantitative estimate of drug-likeness (QED) is 0.688. The monoisotopic (exact) mass is 408 g/mol. The Morgan fingerprint density at radius 1 is 1.19 bits per heavy atom. The number of nitrogens with zero attached hydrogens (tertiary/aromatic N) is 4. The minimum Gasteiger partial charge on any atom is -0.317 e. The van der Waals surface area contributed by atoms with Crippen LogP contribution in [0.5, 0.6) is 0 Å². The molecule has 0 aliphatic carbocycles. The van der Waals surface area contributed by atoms with Crippen molar-refractivity contribution in [3.05, 3.63) is 40.7 Å². The number of aromatic nitrogens is 4. The first-order valence-corrected chi connectivity index (χ1v) is 9.69. The van der Waals surface area contributed by atoms with E-state index >= 15 is 0 Å². The van der Waals surface area contributed by atoms with Crippen molar-refractivity contribution in [2.45, 2.75) is 18.8 Å². The Hall–Kier alpha value is -1.94. The lowest BCUT2D eigenvalue weighted by atomic mass is 9.97. The summed E-state index contributed by atoms with van der Waals surface area (Å²) in [6.45, 7) is 2.07. The van der Waals surface area contributed by atoms with E-state index in [1.165, 1.54) is 16.2 Å². The molecule has 1 fully saturated rings. The van der Waals surface area contributed by atoms with Gasteiger partial charge in [-0.2, -0.15) is 0 Å². The van der Waals surface area contributed by atoms with E-state index in [-0.39, 0.29) is 18.3 Å². The van der Waals surface area contributed by atoms with Crippen LogP contribution in [-0.4, -0.2) is 38.9 Å². The predicted molar refractivity (Wildman–Crippen MR) is 105 cm³/mol. The molecule has 0 saturated carbocycles. The normalized spacial score (nSPS) is 14.6. The van der Waals surface area contributed by atoms with E-state index in [1.807, 2.05) is 6.20 Å². The third-order valence-corrected chi connectivity index (χ3v) is 5.94. The molecule has 1 aliphatic heterocycles. The van der Waals surface area contributed by atoms with Crippen LogP contribution in [0.1, 0.15) is 34.1 Å². The molecule has 3 aromatic rings. The van der Waals surface area contributed by atoms with Crippen molar-refractivity contribution < 1.29 is 4.79 Å². The molecule has 4 heterocycles. The first kappa shape index (κ1) is 18.8. The van der Waals surface area contributed by atoms with Crippen molar-refractivity contribution in [3.8, 4) is 10.7 Å². The number of hydrogen-bond acceptors (Lipinski definition) is 8. The molecule has 0 radical (unpaired) electrons. The largest absolute Gasteiger partial charge is 0.317 e. The van der Waals surface area contributed by atoms with Crippen LogP contribution in [0.25, 0.3) is 10.7 Å². The first-order chi connectivity index (χ1) is 12.3. The molecule has 0 spiro atoms. The summed E-state index contributed by atoms with van der Waals surface area (Å²) in [4.78, 5) is 30.5. The van der Waals surface area contributed by atoms with Gasteiger partial charge in [-0.25, -0.2) is 9.97 Å². The third-order valence-electron chi connectivity index (χ3n) is 4.00. The molecule has 136 valence electrons. The van der Waals surface area contributed by atoms with Gasteiger partial charge in [-0.1, -0.05) is 0 Å². The maximum Gasteiger partial charge on any atom is 0.276 e. The van der Waals surface area contributed by atoms with Crippen molar-refractivity contribution in [3.63, 3.8) is 0 Å². The summed E-state index contributed by atoms with van der Waals surface area (Å²) >= 11 is 2.92. The molecule has 26 heavy (non-hydrogen) atoms. The minimum atomic E-state index is -0.252. The van der Waals surface area contributed by atoms with Crippen LogP contribution >= 0.6 is 35.1 Å². The van der Waals surface area contributed by atoms with Crippen molar-refractivity contribution in [1.29, 1.82) is 0 Å².